The topological polar surface area (TPSA) is 26.0 Å². The number of hydrogen-bond donors (Lipinski definition) is 1. The first-order valence-corrected chi connectivity index (χ1v) is 7.79. The second-order valence-electron chi connectivity index (χ2n) is 6.19. The fourth-order valence-electron chi connectivity index (χ4n) is 3.42. The minimum atomic E-state index is -0.789. The molecule has 0 saturated heterocycles. The van der Waals surface area contributed by atoms with E-state index in [4.69, 9.17) is 5.73 Å². The van der Waals surface area contributed by atoms with E-state index in [2.05, 4.69) is 6.92 Å². The molecule has 1 aliphatic rings. The minimum absolute atomic E-state index is 0.0578. The Bertz CT molecular complexity index is 425. The van der Waals surface area contributed by atoms with Crippen LogP contribution in [-0.4, -0.2) is 6.04 Å². The van der Waals surface area contributed by atoms with Crippen molar-refractivity contribution in [2.75, 3.05) is 0 Å². The van der Waals surface area contributed by atoms with Gasteiger partial charge in [-0.15, -0.1) is 0 Å². The lowest BCUT2D eigenvalue weighted by Crippen LogP contribution is -2.35. The maximum atomic E-state index is 13.2. The van der Waals surface area contributed by atoms with Gasteiger partial charge < -0.3 is 5.73 Å². The number of hydrogen-bond acceptors (Lipinski definition) is 1. The molecule has 0 bridgehead atoms. The molecule has 1 nitrogen and oxygen atoms in total. The number of nitrogens with two attached hydrogens (primary N) is 1. The first-order valence-electron chi connectivity index (χ1n) is 7.79. The van der Waals surface area contributed by atoms with Crippen LogP contribution in [0.25, 0.3) is 0 Å². The summed E-state index contributed by atoms with van der Waals surface area (Å²) in [5.74, 6) is -0.174. The first kappa shape index (κ1) is 15.4. The molecule has 1 aromatic carbocycles. The van der Waals surface area contributed by atoms with Gasteiger partial charge in [-0.2, -0.15) is 0 Å². The molecule has 1 unspecified atom stereocenters. The van der Waals surface area contributed by atoms with Crippen molar-refractivity contribution in [2.45, 2.75) is 57.9 Å². The molecule has 0 amide bonds. The molecule has 1 aromatic rings. The Labute approximate surface area is 120 Å². The number of halogens is 2. The molecular weight excluding hydrogens is 256 g/mol. The highest BCUT2D eigenvalue weighted by molar-refractivity contribution is 5.19. The minimum Gasteiger partial charge on any atom is -0.327 e. The average molecular weight is 281 g/mol. The molecule has 0 radical (unpaired) electrons. The lowest BCUT2D eigenvalue weighted by Gasteiger charge is -2.32. The standard InChI is InChI=1S/C17H25F2N/c1-2-3-12-4-7-14(8-5-12)17(20)11-13-6-9-15(18)16(19)10-13/h6,9-10,12,14,17H,2-5,7-8,11,20H2,1H3. The van der Waals surface area contributed by atoms with Crippen LogP contribution in [0.15, 0.2) is 18.2 Å². The molecule has 0 aliphatic heterocycles. The number of rotatable bonds is 5. The van der Waals surface area contributed by atoms with Crippen LogP contribution in [0.5, 0.6) is 0 Å². The van der Waals surface area contributed by atoms with Crippen molar-refractivity contribution in [3.8, 4) is 0 Å². The lowest BCUT2D eigenvalue weighted by atomic mass is 9.76. The third-order valence-corrected chi connectivity index (χ3v) is 4.65. The Hall–Kier alpha value is -0.960. The van der Waals surface area contributed by atoms with Gasteiger partial charge in [-0.3, -0.25) is 0 Å². The van der Waals surface area contributed by atoms with Crippen LogP contribution < -0.4 is 5.73 Å². The van der Waals surface area contributed by atoms with Crippen LogP contribution in [0.3, 0.4) is 0 Å². The van der Waals surface area contributed by atoms with Crippen LogP contribution >= 0.6 is 0 Å². The maximum absolute atomic E-state index is 13.2. The predicted octanol–water partition coefficient (Wildman–Crippen LogP) is 4.44. The highest BCUT2D eigenvalue weighted by atomic mass is 19.2. The van der Waals surface area contributed by atoms with E-state index in [0.29, 0.717) is 12.3 Å². The summed E-state index contributed by atoms with van der Waals surface area (Å²) < 4.78 is 26.1. The quantitative estimate of drug-likeness (QED) is 0.848. The summed E-state index contributed by atoms with van der Waals surface area (Å²) in [6.07, 6.45) is 8.11. The summed E-state index contributed by atoms with van der Waals surface area (Å²) >= 11 is 0. The van der Waals surface area contributed by atoms with Gasteiger partial charge in [0.05, 0.1) is 0 Å². The van der Waals surface area contributed by atoms with Crippen LogP contribution in [0.1, 0.15) is 51.0 Å². The van der Waals surface area contributed by atoms with Gasteiger partial charge in [0, 0.05) is 6.04 Å². The normalized spacial score (nSPS) is 24.6. The van der Waals surface area contributed by atoms with E-state index < -0.39 is 11.6 Å². The highest BCUT2D eigenvalue weighted by Crippen LogP contribution is 2.33. The van der Waals surface area contributed by atoms with Crippen LogP contribution in [0.4, 0.5) is 8.78 Å². The molecular formula is C17H25F2N. The summed E-state index contributed by atoms with van der Waals surface area (Å²) in [6.45, 7) is 2.24. The van der Waals surface area contributed by atoms with E-state index in [1.165, 1.54) is 50.7 Å². The van der Waals surface area contributed by atoms with Gasteiger partial charge in [-0.25, -0.2) is 8.78 Å². The second kappa shape index (κ2) is 7.16. The second-order valence-corrected chi connectivity index (χ2v) is 6.19. The monoisotopic (exact) mass is 281 g/mol. The maximum Gasteiger partial charge on any atom is 0.159 e. The van der Waals surface area contributed by atoms with Gasteiger partial charge in [-0.05, 0) is 48.8 Å². The molecule has 112 valence electrons. The first-order chi connectivity index (χ1) is 9.60. The molecule has 0 aromatic heterocycles. The molecule has 0 spiro atoms. The van der Waals surface area contributed by atoms with Gasteiger partial charge >= 0.3 is 0 Å². The van der Waals surface area contributed by atoms with Gasteiger partial charge in [0.15, 0.2) is 11.6 Å². The van der Waals surface area contributed by atoms with Crippen LogP contribution in [-0.2, 0) is 6.42 Å². The van der Waals surface area contributed by atoms with Crippen molar-refractivity contribution in [1.82, 2.24) is 0 Å². The smallest absolute Gasteiger partial charge is 0.159 e. The molecule has 2 rings (SSSR count). The zero-order valence-electron chi connectivity index (χ0n) is 12.2. The Morgan fingerprint density at radius 3 is 2.45 bits per heavy atom. The molecule has 1 saturated carbocycles. The highest BCUT2D eigenvalue weighted by Gasteiger charge is 2.25. The van der Waals surface area contributed by atoms with Crippen molar-refractivity contribution in [1.29, 1.82) is 0 Å². The van der Waals surface area contributed by atoms with Crippen LogP contribution in [0, 0.1) is 23.5 Å². The van der Waals surface area contributed by atoms with E-state index in [1.54, 1.807) is 6.07 Å². The fraction of sp³-hybridized carbons (Fsp3) is 0.647. The van der Waals surface area contributed by atoms with Gasteiger partial charge in [0.1, 0.15) is 0 Å². The summed E-state index contributed by atoms with van der Waals surface area (Å²) in [4.78, 5) is 0. The van der Waals surface area contributed by atoms with E-state index in [0.717, 1.165) is 11.5 Å². The van der Waals surface area contributed by atoms with Gasteiger partial charge in [-0.1, -0.05) is 38.7 Å². The molecule has 20 heavy (non-hydrogen) atoms. The molecule has 2 N–H and O–H groups in total. The lowest BCUT2D eigenvalue weighted by molar-refractivity contribution is 0.232. The van der Waals surface area contributed by atoms with Crippen molar-refractivity contribution >= 4 is 0 Å². The largest absolute Gasteiger partial charge is 0.327 e. The zero-order valence-corrected chi connectivity index (χ0v) is 12.2. The van der Waals surface area contributed by atoms with E-state index >= 15 is 0 Å². The molecule has 1 aliphatic carbocycles. The molecule has 3 heteroatoms. The van der Waals surface area contributed by atoms with Crippen LogP contribution in [0.2, 0.25) is 0 Å². The van der Waals surface area contributed by atoms with E-state index in [1.807, 2.05) is 0 Å². The third kappa shape index (κ3) is 4.02. The Kier molecular flexibility index (Phi) is 5.53. The molecule has 1 fully saturated rings. The van der Waals surface area contributed by atoms with E-state index in [-0.39, 0.29) is 6.04 Å². The number of benzene rings is 1. The van der Waals surface area contributed by atoms with Crippen molar-refractivity contribution in [2.24, 2.45) is 17.6 Å². The van der Waals surface area contributed by atoms with Crippen molar-refractivity contribution < 1.29 is 8.78 Å². The average Bonchev–Trinajstić information content (AvgIpc) is 2.44. The zero-order chi connectivity index (χ0) is 14.5. The fourth-order valence-corrected chi connectivity index (χ4v) is 3.42. The van der Waals surface area contributed by atoms with Gasteiger partial charge in [0.25, 0.3) is 0 Å². The summed E-state index contributed by atoms with van der Waals surface area (Å²) in [5.41, 5.74) is 7.07. The SMILES string of the molecule is CCCC1CCC(C(N)Cc2ccc(F)c(F)c2)CC1. The van der Waals surface area contributed by atoms with Crippen molar-refractivity contribution in [3.63, 3.8) is 0 Å². The Morgan fingerprint density at radius 1 is 1.15 bits per heavy atom. The predicted molar refractivity (Wildman–Crippen MR) is 78.4 cm³/mol. The summed E-state index contributed by atoms with van der Waals surface area (Å²) in [6, 6.07) is 4.16. The van der Waals surface area contributed by atoms with E-state index in [9.17, 15) is 8.78 Å². The Morgan fingerprint density at radius 2 is 1.85 bits per heavy atom. The summed E-state index contributed by atoms with van der Waals surface area (Å²) in [5, 5.41) is 0. The molecule has 1 atom stereocenters. The Balaban J connectivity index is 1.86. The summed E-state index contributed by atoms with van der Waals surface area (Å²) in [7, 11) is 0. The van der Waals surface area contributed by atoms with Crippen molar-refractivity contribution in [3.05, 3.63) is 35.4 Å². The van der Waals surface area contributed by atoms with Gasteiger partial charge in [0.2, 0.25) is 0 Å². The molecule has 0 heterocycles. The third-order valence-electron chi connectivity index (χ3n) is 4.65.